The molecule has 2 N–H and O–H groups in total. The summed E-state index contributed by atoms with van der Waals surface area (Å²) in [5.41, 5.74) is 1.89. The van der Waals surface area contributed by atoms with Gasteiger partial charge < -0.3 is 15.4 Å². The Bertz CT molecular complexity index is 1010. The van der Waals surface area contributed by atoms with E-state index in [1.807, 2.05) is 31.2 Å². The maximum absolute atomic E-state index is 12.6. The zero-order chi connectivity index (χ0) is 21.3. The number of benzene rings is 2. The van der Waals surface area contributed by atoms with Crippen LogP contribution in [0, 0.1) is 0 Å². The molecule has 1 heterocycles. The van der Waals surface area contributed by atoms with Crippen molar-refractivity contribution in [2.24, 2.45) is 0 Å². The lowest BCUT2D eigenvalue weighted by Crippen LogP contribution is -2.24. The lowest BCUT2D eigenvalue weighted by Gasteiger charge is -2.15. The molecule has 0 fully saturated rings. The first-order chi connectivity index (χ1) is 14.6. The Kier molecular flexibility index (Phi) is 7.45. The van der Waals surface area contributed by atoms with E-state index in [1.165, 1.54) is 11.8 Å². The number of rotatable bonds is 8. The maximum atomic E-state index is 12.6. The van der Waals surface area contributed by atoms with Crippen molar-refractivity contribution in [3.8, 4) is 5.75 Å². The van der Waals surface area contributed by atoms with Crippen LogP contribution in [-0.2, 0) is 4.79 Å². The number of carbonyl (C=O) groups excluding carboxylic acids is 2. The molecular formula is C23H23N3O3S. The largest absolute Gasteiger partial charge is 0.497 e. The number of methoxy groups -OCH3 is 1. The van der Waals surface area contributed by atoms with Gasteiger partial charge in [0.05, 0.1) is 12.4 Å². The number of hydrogen-bond acceptors (Lipinski definition) is 5. The molecular weight excluding hydrogens is 398 g/mol. The van der Waals surface area contributed by atoms with Gasteiger partial charge in [0.1, 0.15) is 5.75 Å². The van der Waals surface area contributed by atoms with Crippen molar-refractivity contribution >= 4 is 35.0 Å². The highest BCUT2D eigenvalue weighted by Crippen LogP contribution is 2.29. The van der Waals surface area contributed by atoms with Gasteiger partial charge >= 0.3 is 0 Å². The average molecular weight is 422 g/mol. The Labute approximate surface area is 180 Å². The van der Waals surface area contributed by atoms with Crippen LogP contribution in [-0.4, -0.2) is 29.2 Å². The molecule has 0 saturated carbocycles. The summed E-state index contributed by atoms with van der Waals surface area (Å²) < 4.78 is 5.17. The van der Waals surface area contributed by atoms with Gasteiger partial charge in [0, 0.05) is 34.2 Å². The van der Waals surface area contributed by atoms with E-state index in [2.05, 4.69) is 15.6 Å². The highest BCUT2D eigenvalue weighted by molar-refractivity contribution is 8.00. The summed E-state index contributed by atoms with van der Waals surface area (Å²) in [6.07, 6.45) is 3.94. The van der Waals surface area contributed by atoms with Gasteiger partial charge in [-0.15, -0.1) is 11.8 Å². The van der Waals surface area contributed by atoms with Gasteiger partial charge in [-0.25, -0.2) is 0 Å². The summed E-state index contributed by atoms with van der Waals surface area (Å²) in [7, 11) is 1.56. The standard InChI is InChI=1S/C23H23N3O3S/c1-3-21(23(28)25-17-10-12-24-13-11-17)30-20-9-5-7-18(15-20)26-22(27)16-6-4-8-19(14-16)29-2/h4-15,21H,3H2,1-2H3,(H,26,27)(H,24,25,28). The molecule has 3 rings (SSSR count). The molecule has 2 amide bonds. The van der Waals surface area contributed by atoms with Crippen molar-refractivity contribution in [2.45, 2.75) is 23.5 Å². The minimum atomic E-state index is -0.262. The maximum Gasteiger partial charge on any atom is 0.255 e. The number of amides is 2. The van der Waals surface area contributed by atoms with E-state index in [1.54, 1.807) is 55.9 Å². The third-order valence-electron chi connectivity index (χ3n) is 4.31. The van der Waals surface area contributed by atoms with Gasteiger partial charge in [-0.3, -0.25) is 14.6 Å². The van der Waals surface area contributed by atoms with Crippen LogP contribution in [0.1, 0.15) is 23.7 Å². The quantitative estimate of drug-likeness (QED) is 0.508. The number of hydrogen-bond donors (Lipinski definition) is 2. The Morgan fingerprint density at radius 3 is 2.50 bits per heavy atom. The number of thioether (sulfide) groups is 1. The van der Waals surface area contributed by atoms with Crippen molar-refractivity contribution in [3.05, 3.63) is 78.6 Å². The molecule has 1 aromatic heterocycles. The molecule has 1 unspecified atom stereocenters. The highest BCUT2D eigenvalue weighted by Gasteiger charge is 2.18. The summed E-state index contributed by atoms with van der Waals surface area (Å²) in [6, 6.07) is 17.9. The fourth-order valence-electron chi connectivity index (χ4n) is 2.76. The van der Waals surface area contributed by atoms with Crippen molar-refractivity contribution in [1.29, 1.82) is 0 Å². The second-order valence-electron chi connectivity index (χ2n) is 6.45. The fraction of sp³-hybridized carbons (Fsp3) is 0.174. The smallest absolute Gasteiger partial charge is 0.255 e. The van der Waals surface area contributed by atoms with Crippen LogP contribution in [0.3, 0.4) is 0 Å². The van der Waals surface area contributed by atoms with Crippen LogP contribution in [0.5, 0.6) is 5.75 Å². The molecule has 154 valence electrons. The van der Waals surface area contributed by atoms with E-state index in [0.29, 0.717) is 29.1 Å². The second-order valence-corrected chi connectivity index (χ2v) is 7.73. The molecule has 30 heavy (non-hydrogen) atoms. The first-order valence-electron chi connectivity index (χ1n) is 9.52. The molecule has 6 nitrogen and oxygen atoms in total. The minimum Gasteiger partial charge on any atom is -0.497 e. The van der Waals surface area contributed by atoms with E-state index < -0.39 is 0 Å². The Hall–Kier alpha value is -3.32. The van der Waals surface area contributed by atoms with Crippen molar-refractivity contribution in [3.63, 3.8) is 0 Å². The second kappa shape index (κ2) is 10.5. The molecule has 0 aliphatic heterocycles. The van der Waals surface area contributed by atoms with Gasteiger partial charge in [-0.2, -0.15) is 0 Å². The normalized spacial score (nSPS) is 11.4. The van der Waals surface area contributed by atoms with Crippen LogP contribution in [0.15, 0.2) is 78.0 Å². The predicted octanol–water partition coefficient (Wildman–Crippen LogP) is 4.85. The number of pyridine rings is 1. The van der Waals surface area contributed by atoms with Crippen LogP contribution in [0.4, 0.5) is 11.4 Å². The molecule has 0 aliphatic rings. The SMILES string of the molecule is CCC(Sc1cccc(NC(=O)c2cccc(OC)c2)c1)C(=O)Nc1ccncc1. The van der Waals surface area contributed by atoms with Crippen LogP contribution >= 0.6 is 11.8 Å². The first-order valence-corrected chi connectivity index (χ1v) is 10.4. The minimum absolute atomic E-state index is 0.0699. The molecule has 0 spiro atoms. The van der Waals surface area contributed by atoms with E-state index in [4.69, 9.17) is 4.74 Å². The Balaban J connectivity index is 1.66. The molecule has 0 saturated heterocycles. The summed E-state index contributed by atoms with van der Waals surface area (Å²) in [5.74, 6) is 0.330. The number of anilines is 2. The summed E-state index contributed by atoms with van der Waals surface area (Å²) in [4.78, 5) is 30.0. The van der Waals surface area contributed by atoms with Crippen molar-refractivity contribution in [1.82, 2.24) is 4.98 Å². The van der Waals surface area contributed by atoms with E-state index >= 15 is 0 Å². The van der Waals surface area contributed by atoms with Gasteiger partial charge in [-0.1, -0.05) is 19.1 Å². The van der Waals surface area contributed by atoms with E-state index in [9.17, 15) is 9.59 Å². The fourth-order valence-corrected chi connectivity index (χ4v) is 3.77. The van der Waals surface area contributed by atoms with Gasteiger partial charge in [-0.05, 0) is 55.0 Å². The molecule has 0 aliphatic carbocycles. The third-order valence-corrected chi connectivity index (χ3v) is 5.67. The monoisotopic (exact) mass is 421 g/mol. The zero-order valence-electron chi connectivity index (χ0n) is 16.8. The summed E-state index contributed by atoms with van der Waals surface area (Å²) in [5, 5.41) is 5.54. The Morgan fingerprint density at radius 1 is 1.00 bits per heavy atom. The molecule has 0 radical (unpaired) electrons. The number of aromatic nitrogens is 1. The lowest BCUT2D eigenvalue weighted by atomic mass is 10.2. The summed E-state index contributed by atoms with van der Waals surface area (Å²) >= 11 is 1.46. The van der Waals surface area contributed by atoms with E-state index in [0.717, 1.165) is 4.90 Å². The van der Waals surface area contributed by atoms with Crippen LogP contribution < -0.4 is 15.4 Å². The zero-order valence-corrected chi connectivity index (χ0v) is 17.6. The molecule has 0 bridgehead atoms. The third kappa shape index (κ3) is 5.84. The molecule has 3 aromatic rings. The highest BCUT2D eigenvalue weighted by atomic mass is 32.2. The first kappa shape index (κ1) is 21.4. The Morgan fingerprint density at radius 2 is 1.77 bits per heavy atom. The van der Waals surface area contributed by atoms with Crippen LogP contribution in [0.2, 0.25) is 0 Å². The molecule has 1 atom stereocenters. The van der Waals surface area contributed by atoms with Crippen molar-refractivity contribution in [2.75, 3.05) is 17.7 Å². The number of nitrogens with one attached hydrogen (secondary N) is 2. The van der Waals surface area contributed by atoms with Crippen molar-refractivity contribution < 1.29 is 14.3 Å². The topological polar surface area (TPSA) is 80.3 Å². The predicted molar refractivity (Wildman–Crippen MR) is 120 cm³/mol. The van der Waals surface area contributed by atoms with E-state index in [-0.39, 0.29) is 17.1 Å². The number of nitrogens with zero attached hydrogens (tertiary/aromatic N) is 1. The van der Waals surface area contributed by atoms with Gasteiger partial charge in [0.2, 0.25) is 5.91 Å². The van der Waals surface area contributed by atoms with Crippen LogP contribution in [0.25, 0.3) is 0 Å². The number of carbonyl (C=O) groups is 2. The average Bonchev–Trinajstić information content (AvgIpc) is 2.78. The van der Waals surface area contributed by atoms with Gasteiger partial charge in [0.15, 0.2) is 0 Å². The lowest BCUT2D eigenvalue weighted by molar-refractivity contribution is -0.115. The molecule has 7 heteroatoms. The summed E-state index contributed by atoms with van der Waals surface area (Å²) in [6.45, 7) is 1.97. The number of ether oxygens (including phenoxy) is 1. The molecule has 2 aromatic carbocycles. The van der Waals surface area contributed by atoms with Gasteiger partial charge in [0.25, 0.3) is 5.91 Å².